The Morgan fingerprint density at radius 2 is 2.03 bits per heavy atom. The monoisotopic (exact) mass is 570 g/mol. The molecule has 1 fully saturated rings. The van der Waals surface area contributed by atoms with Gasteiger partial charge in [0.05, 0.1) is 13.1 Å². The number of benzene rings is 1. The van der Waals surface area contributed by atoms with E-state index in [1.54, 1.807) is 6.92 Å². The number of carbonyl (C=O) groups is 1. The van der Waals surface area contributed by atoms with E-state index in [2.05, 4.69) is 20.9 Å². The highest BCUT2D eigenvalue weighted by atomic mass is 127. The van der Waals surface area contributed by atoms with Crippen LogP contribution in [0.5, 0.6) is 5.75 Å². The standard InChI is InChI=1S/C24H34N4O4.HI/c1-5-25-23(27-15-24(4,30)21-11-16(2)32-17(21)3)26-13-18-7-6-8-20(12-18)31-14-22(29)28-19-9-10-19;/h6-8,11-12,19,30H,5,9-10,13-15H2,1-4H3,(H,28,29)(H2,25,26,27);1H. The summed E-state index contributed by atoms with van der Waals surface area (Å²) in [6.45, 7) is 8.85. The van der Waals surface area contributed by atoms with Crippen molar-refractivity contribution < 1.29 is 19.1 Å². The number of carbonyl (C=O) groups excluding carboxylic acids is 1. The molecule has 33 heavy (non-hydrogen) atoms. The number of rotatable bonds is 10. The van der Waals surface area contributed by atoms with Crippen molar-refractivity contribution in [3.8, 4) is 5.75 Å². The molecule has 0 saturated heterocycles. The highest BCUT2D eigenvalue weighted by Crippen LogP contribution is 2.26. The number of amides is 1. The van der Waals surface area contributed by atoms with Gasteiger partial charge in [0.2, 0.25) is 0 Å². The Morgan fingerprint density at radius 3 is 2.67 bits per heavy atom. The number of hydrogen-bond donors (Lipinski definition) is 4. The lowest BCUT2D eigenvalue weighted by Gasteiger charge is -2.24. The third-order valence-electron chi connectivity index (χ3n) is 5.20. The first-order valence-electron chi connectivity index (χ1n) is 11.1. The molecule has 3 rings (SSSR count). The van der Waals surface area contributed by atoms with E-state index < -0.39 is 5.60 Å². The minimum atomic E-state index is -1.10. The summed E-state index contributed by atoms with van der Waals surface area (Å²) in [7, 11) is 0. The fourth-order valence-corrected chi connectivity index (χ4v) is 3.41. The zero-order valence-corrected chi connectivity index (χ0v) is 22.1. The predicted molar refractivity (Wildman–Crippen MR) is 139 cm³/mol. The van der Waals surface area contributed by atoms with E-state index in [1.165, 1.54) is 0 Å². The van der Waals surface area contributed by atoms with E-state index in [4.69, 9.17) is 9.15 Å². The molecule has 1 unspecified atom stereocenters. The molecule has 1 aliphatic rings. The first-order chi connectivity index (χ1) is 15.3. The summed E-state index contributed by atoms with van der Waals surface area (Å²) < 4.78 is 11.2. The second kappa shape index (κ2) is 12.3. The van der Waals surface area contributed by atoms with E-state index in [-0.39, 0.29) is 43.0 Å². The minimum absolute atomic E-state index is 0. The Kier molecular flexibility index (Phi) is 10.0. The number of furan rings is 1. The molecule has 0 radical (unpaired) electrons. The molecular formula is C24H35IN4O4. The van der Waals surface area contributed by atoms with Crippen LogP contribution in [0.3, 0.4) is 0 Å². The molecule has 1 aliphatic carbocycles. The van der Waals surface area contributed by atoms with Crippen LogP contribution < -0.4 is 20.7 Å². The number of nitrogens with one attached hydrogen (secondary N) is 3. The van der Waals surface area contributed by atoms with Crippen LogP contribution in [0.1, 0.15) is 49.3 Å². The quantitative estimate of drug-likeness (QED) is 0.199. The summed E-state index contributed by atoms with van der Waals surface area (Å²) >= 11 is 0. The summed E-state index contributed by atoms with van der Waals surface area (Å²) in [4.78, 5) is 16.4. The van der Waals surface area contributed by atoms with Crippen LogP contribution in [-0.4, -0.2) is 42.7 Å². The number of aliphatic hydroxyl groups is 1. The van der Waals surface area contributed by atoms with Crippen LogP contribution in [-0.2, 0) is 16.9 Å². The smallest absolute Gasteiger partial charge is 0.258 e. The average Bonchev–Trinajstić information content (AvgIpc) is 3.49. The van der Waals surface area contributed by atoms with Crippen molar-refractivity contribution in [3.63, 3.8) is 0 Å². The second-order valence-corrected chi connectivity index (χ2v) is 8.43. The van der Waals surface area contributed by atoms with Gasteiger partial charge in [-0.2, -0.15) is 0 Å². The van der Waals surface area contributed by atoms with Gasteiger partial charge in [-0.25, -0.2) is 4.99 Å². The zero-order valence-electron chi connectivity index (χ0n) is 19.7. The maximum atomic E-state index is 11.8. The van der Waals surface area contributed by atoms with E-state index in [0.29, 0.717) is 36.6 Å². The topological polar surface area (TPSA) is 108 Å². The van der Waals surface area contributed by atoms with Gasteiger partial charge in [0.25, 0.3) is 5.91 Å². The first kappa shape index (κ1) is 27.0. The van der Waals surface area contributed by atoms with Gasteiger partial charge in [0.1, 0.15) is 22.9 Å². The van der Waals surface area contributed by atoms with E-state index in [0.717, 1.165) is 29.7 Å². The van der Waals surface area contributed by atoms with Gasteiger partial charge in [0.15, 0.2) is 12.6 Å². The lowest BCUT2D eigenvalue weighted by molar-refractivity contribution is -0.123. The van der Waals surface area contributed by atoms with Crippen molar-refractivity contribution in [2.24, 2.45) is 4.99 Å². The minimum Gasteiger partial charge on any atom is -0.484 e. The molecule has 1 aromatic carbocycles. The van der Waals surface area contributed by atoms with Gasteiger partial charge in [-0.15, -0.1) is 24.0 Å². The molecule has 1 heterocycles. The molecule has 1 saturated carbocycles. The summed E-state index contributed by atoms with van der Waals surface area (Å²) in [6, 6.07) is 9.73. The molecule has 1 amide bonds. The summed E-state index contributed by atoms with van der Waals surface area (Å²) in [5.74, 6) is 2.62. The average molecular weight is 570 g/mol. The fourth-order valence-electron chi connectivity index (χ4n) is 3.41. The Morgan fingerprint density at radius 1 is 1.27 bits per heavy atom. The van der Waals surface area contributed by atoms with Crippen molar-refractivity contribution in [2.45, 2.75) is 58.7 Å². The van der Waals surface area contributed by atoms with Crippen LogP contribution in [0.25, 0.3) is 0 Å². The fraction of sp³-hybridized carbons (Fsp3) is 0.500. The number of aryl methyl sites for hydroxylation is 2. The van der Waals surface area contributed by atoms with Crippen LogP contribution in [0.4, 0.5) is 0 Å². The summed E-state index contributed by atoms with van der Waals surface area (Å²) in [5, 5.41) is 20.2. The molecule has 2 aromatic rings. The first-order valence-corrected chi connectivity index (χ1v) is 11.1. The van der Waals surface area contributed by atoms with Gasteiger partial charge in [-0.3, -0.25) is 4.79 Å². The number of aliphatic imine (C=N–C) groups is 1. The van der Waals surface area contributed by atoms with Crippen molar-refractivity contribution in [1.82, 2.24) is 16.0 Å². The van der Waals surface area contributed by atoms with Crippen LogP contribution in [0, 0.1) is 13.8 Å². The SMILES string of the molecule is CCNC(=NCc1cccc(OCC(=O)NC2CC2)c1)NCC(C)(O)c1cc(C)oc1C.I. The maximum Gasteiger partial charge on any atom is 0.258 e. The third kappa shape index (κ3) is 8.54. The Labute approximate surface area is 212 Å². The van der Waals surface area contributed by atoms with Crippen LogP contribution in [0.2, 0.25) is 0 Å². The van der Waals surface area contributed by atoms with E-state index in [9.17, 15) is 9.90 Å². The maximum absolute atomic E-state index is 11.8. The third-order valence-corrected chi connectivity index (χ3v) is 5.20. The number of guanidine groups is 1. The van der Waals surface area contributed by atoms with Crippen molar-refractivity contribution in [1.29, 1.82) is 0 Å². The number of ether oxygens (including phenoxy) is 1. The lowest BCUT2D eigenvalue weighted by Crippen LogP contribution is -2.44. The predicted octanol–water partition coefficient (Wildman–Crippen LogP) is 3.13. The molecule has 0 aliphatic heterocycles. The zero-order chi connectivity index (χ0) is 23.1. The van der Waals surface area contributed by atoms with Gasteiger partial charge >= 0.3 is 0 Å². The number of nitrogens with zero attached hydrogens (tertiary/aromatic N) is 1. The van der Waals surface area contributed by atoms with Gasteiger partial charge < -0.3 is 30.2 Å². The highest BCUT2D eigenvalue weighted by Gasteiger charge is 2.28. The highest BCUT2D eigenvalue weighted by molar-refractivity contribution is 14.0. The Balaban J connectivity index is 0.00000385. The van der Waals surface area contributed by atoms with Crippen molar-refractivity contribution in [3.05, 3.63) is 53.0 Å². The van der Waals surface area contributed by atoms with E-state index >= 15 is 0 Å². The van der Waals surface area contributed by atoms with Crippen molar-refractivity contribution >= 4 is 35.8 Å². The Hall–Kier alpha value is -2.27. The molecule has 8 nitrogen and oxygen atoms in total. The lowest BCUT2D eigenvalue weighted by atomic mass is 9.96. The van der Waals surface area contributed by atoms with Gasteiger partial charge in [-0.05, 0) is 64.3 Å². The molecular weight excluding hydrogens is 535 g/mol. The molecule has 0 spiro atoms. The molecule has 4 N–H and O–H groups in total. The number of hydrogen-bond acceptors (Lipinski definition) is 5. The van der Waals surface area contributed by atoms with Crippen molar-refractivity contribution in [2.75, 3.05) is 19.7 Å². The normalized spacial score (nSPS) is 15.2. The van der Waals surface area contributed by atoms with E-state index in [1.807, 2.05) is 51.1 Å². The summed E-state index contributed by atoms with van der Waals surface area (Å²) in [5.41, 5.74) is 0.608. The van der Waals surface area contributed by atoms with Gasteiger partial charge in [0, 0.05) is 18.2 Å². The van der Waals surface area contributed by atoms with Crippen LogP contribution >= 0.6 is 24.0 Å². The molecule has 9 heteroatoms. The largest absolute Gasteiger partial charge is 0.484 e. The molecule has 182 valence electrons. The Bertz CT molecular complexity index is 954. The van der Waals surface area contributed by atoms with Crippen LogP contribution in [0.15, 0.2) is 39.7 Å². The summed E-state index contributed by atoms with van der Waals surface area (Å²) in [6.07, 6.45) is 2.11. The van der Waals surface area contributed by atoms with Gasteiger partial charge in [-0.1, -0.05) is 12.1 Å². The second-order valence-electron chi connectivity index (χ2n) is 8.43. The number of halogens is 1. The molecule has 0 bridgehead atoms. The molecule has 1 aromatic heterocycles. The molecule has 1 atom stereocenters.